The quantitative estimate of drug-likeness (QED) is 0.437. The molecule has 22 heavy (non-hydrogen) atoms. The van der Waals surface area contributed by atoms with E-state index in [9.17, 15) is 18.5 Å². The van der Waals surface area contributed by atoms with Gasteiger partial charge in [-0.3, -0.25) is 10.1 Å². The second kappa shape index (κ2) is 4.96. The van der Waals surface area contributed by atoms with Crippen LogP contribution in [0.1, 0.15) is 0 Å². The first-order valence-electron chi connectivity index (χ1n) is 5.82. The number of nitro benzene ring substituents is 1. The summed E-state index contributed by atoms with van der Waals surface area (Å²) in [6.07, 6.45) is 2.38. The average molecular weight is 337 g/mol. The first-order valence-corrected chi connectivity index (χ1v) is 7.67. The highest BCUT2D eigenvalue weighted by molar-refractivity contribution is 7.90. The van der Waals surface area contributed by atoms with E-state index in [0.29, 0.717) is 0 Å². The molecule has 0 aliphatic rings. The number of hydrogen-bond acceptors (Lipinski definition) is 7. The molecule has 3 aromatic rings. The van der Waals surface area contributed by atoms with Crippen molar-refractivity contribution >= 4 is 39.1 Å². The molecule has 1 N–H and O–H groups in total. The molecule has 2 aromatic heterocycles. The van der Waals surface area contributed by atoms with E-state index in [2.05, 4.69) is 15.0 Å². The number of nitrogens with one attached hydrogen (secondary N) is 1. The normalized spacial score (nSPS) is 11.6. The summed E-state index contributed by atoms with van der Waals surface area (Å²) in [4.78, 5) is 20.3. The molecular formula is C11H7N5O4S2. The number of benzene rings is 1. The lowest BCUT2D eigenvalue weighted by molar-refractivity contribution is -0.384. The molecule has 0 spiro atoms. The molecule has 0 fully saturated rings. The van der Waals surface area contributed by atoms with Gasteiger partial charge in [-0.15, -0.1) is 0 Å². The van der Waals surface area contributed by atoms with Crippen LogP contribution < -0.4 is 0 Å². The number of aromatic amines is 1. The molecule has 0 atom stereocenters. The molecule has 11 heteroatoms. The van der Waals surface area contributed by atoms with Crippen LogP contribution in [0.3, 0.4) is 0 Å². The molecule has 0 amide bonds. The van der Waals surface area contributed by atoms with Crippen molar-refractivity contribution < 1.29 is 13.3 Å². The molecule has 112 valence electrons. The molecule has 9 nitrogen and oxygen atoms in total. The number of rotatable bonds is 3. The Kier molecular flexibility index (Phi) is 3.22. The Morgan fingerprint density at radius 3 is 2.55 bits per heavy atom. The summed E-state index contributed by atoms with van der Waals surface area (Å²) < 4.78 is 26.3. The fourth-order valence-electron chi connectivity index (χ4n) is 1.87. The van der Waals surface area contributed by atoms with E-state index in [1.54, 1.807) is 0 Å². The smallest absolute Gasteiger partial charge is 0.270 e. The van der Waals surface area contributed by atoms with E-state index >= 15 is 0 Å². The van der Waals surface area contributed by atoms with Crippen LogP contribution in [0.15, 0.2) is 41.8 Å². The highest BCUT2D eigenvalue weighted by atomic mass is 32.2. The third kappa shape index (κ3) is 2.16. The number of fused-ring (bicyclic) bond motifs is 1. The average Bonchev–Trinajstić information content (AvgIpc) is 2.93. The van der Waals surface area contributed by atoms with Gasteiger partial charge in [-0.25, -0.2) is 22.4 Å². The minimum Gasteiger partial charge on any atom is -0.330 e. The Morgan fingerprint density at radius 1 is 1.23 bits per heavy atom. The zero-order chi connectivity index (χ0) is 15.9. The maximum Gasteiger partial charge on any atom is 0.270 e. The number of imidazole rings is 1. The van der Waals surface area contributed by atoms with Crippen molar-refractivity contribution in [3.8, 4) is 0 Å². The number of aromatic nitrogens is 4. The van der Waals surface area contributed by atoms with E-state index in [0.717, 1.165) is 34.6 Å². The first-order chi connectivity index (χ1) is 10.4. The fraction of sp³-hybridized carbons (Fsp3) is 0. The predicted octanol–water partition coefficient (Wildman–Crippen LogP) is 1.63. The van der Waals surface area contributed by atoms with Gasteiger partial charge in [0.05, 0.1) is 16.1 Å². The SMILES string of the molecule is O=[N+]([O-])c1ccc(S(=O)(=O)n2cnc3c(=S)nc[nH]c32)cc1. The van der Waals surface area contributed by atoms with Gasteiger partial charge in [-0.05, 0) is 12.1 Å². The lowest BCUT2D eigenvalue weighted by atomic mass is 10.3. The number of nitro groups is 1. The van der Waals surface area contributed by atoms with Crippen molar-refractivity contribution in [1.82, 2.24) is 18.9 Å². The lowest BCUT2D eigenvalue weighted by Crippen LogP contribution is -2.12. The van der Waals surface area contributed by atoms with Crippen LogP contribution in [0.5, 0.6) is 0 Å². The summed E-state index contributed by atoms with van der Waals surface area (Å²) in [5.41, 5.74) is 0.236. The van der Waals surface area contributed by atoms with Crippen LogP contribution in [0.2, 0.25) is 0 Å². The molecule has 0 radical (unpaired) electrons. The van der Waals surface area contributed by atoms with E-state index < -0.39 is 14.9 Å². The van der Waals surface area contributed by atoms with Crippen molar-refractivity contribution in [1.29, 1.82) is 0 Å². The van der Waals surface area contributed by atoms with Crippen LogP contribution >= 0.6 is 12.2 Å². The highest BCUT2D eigenvalue weighted by Gasteiger charge is 2.21. The number of nitrogens with zero attached hydrogens (tertiary/aromatic N) is 4. The maximum atomic E-state index is 12.6. The molecule has 3 rings (SSSR count). The monoisotopic (exact) mass is 337 g/mol. The van der Waals surface area contributed by atoms with Crippen molar-refractivity contribution in [3.05, 3.63) is 51.7 Å². The minimum atomic E-state index is -3.96. The Bertz CT molecular complexity index is 1040. The van der Waals surface area contributed by atoms with Crippen LogP contribution in [0.25, 0.3) is 11.2 Å². The van der Waals surface area contributed by atoms with Gasteiger partial charge in [-0.1, -0.05) is 12.2 Å². The van der Waals surface area contributed by atoms with Gasteiger partial charge in [-0.2, -0.15) is 0 Å². The number of H-pyrrole nitrogens is 1. The van der Waals surface area contributed by atoms with Gasteiger partial charge < -0.3 is 4.98 Å². The molecule has 0 aliphatic heterocycles. The highest BCUT2D eigenvalue weighted by Crippen LogP contribution is 2.21. The largest absolute Gasteiger partial charge is 0.330 e. The summed E-state index contributed by atoms with van der Waals surface area (Å²) in [7, 11) is -3.96. The Labute approximate surface area is 128 Å². The second-order valence-electron chi connectivity index (χ2n) is 4.20. The first kappa shape index (κ1) is 14.3. The third-order valence-corrected chi connectivity index (χ3v) is 4.89. The van der Waals surface area contributed by atoms with Gasteiger partial charge in [0.2, 0.25) is 0 Å². The Hall–Kier alpha value is -2.66. The zero-order valence-electron chi connectivity index (χ0n) is 10.7. The number of hydrogen-bond donors (Lipinski definition) is 1. The zero-order valence-corrected chi connectivity index (χ0v) is 12.3. The minimum absolute atomic E-state index is 0.103. The summed E-state index contributed by atoms with van der Waals surface area (Å²) in [6.45, 7) is 0. The molecule has 0 unspecified atom stereocenters. The van der Waals surface area contributed by atoms with Crippen molar-refractivity contribution in [2.45, 2.75) is 4.90 Å². The van der Waals surface area contributed by atoms with Crippen molar-refractivity contribution in [2.24, 2.45) is 0 Å². The summed E-state index contributed by atoms with van der Waals surface area (Å²) >= 11 is 4.98. The maximum absolute atomic E-state index is 12.6. The van der Waals surface area contributed by atoms with Gasteiger partial charge in [0.25, 0.3) is 15.7 Å². The Balaban J connectivity index is 2.18. The molecule has 2 heterocycles. The second-order valence-corrected chi connectivity index (χ2v) is 6.40. The van der Waals surface area contributed by atoms with Gasteiger partial charge >= 0.3 is 0 Å². The molecule has 0 aliphatic carbocycles. The van der Waals surface area contributed by atoms with Gasteiger partial charge in [0.1, 0.15) is 11.8 Å². The third-order valence-electron chi connectivity index (χ3n) is 2.93. The summed E-state index contributed by atoms with van der Waals surface area (Å²) in [5.74, 6) is 0. The van der Waals surface area contributed by atoms with Crippen molar-refractivity contribution in [3.63, 3.8) is 0 Å². The molecule has 0 saturated carbocycles. The van der Waals surface area contributed by atoms with E-state index in [-0.39, 0.29) is 26.4 Å². The van der Waals surface area contributed by atoms with Gasteiger partial charge in [0, 0.05) is 12.1 Å². The number of non-ortho nitro benzene ring substituents is 1. The van der Waals surface area contributed by atoms with Gasteiger partial charge in [0.15, 0.2) is 10.3 Å². The molecule has 1 aromatic carbocycles. The standard InChI is InChI=1S/C11H7N5O4S2/c17-16(18)7-1-3-8(4-2-7)22(19,20)15-6-14-9-10(15)12-5-13-11(9)21/h1-6H,(H,12,13,21). The van der Waals surface area contributed by atoms with E-state index in [1.165, 1.54) is 6.33 Å². The van der Waals surface area contributed by atoms with Crippen LogP contribution in [0.4, 0.5) is 5.69 Å². The molecule has 0 bridgehead atoms. The van der Waals surface area contributed by atoms with Crippen LogP contribution in [0, 0.1) is 14.8 Å². The summed E-state index contributed by atoms with van der Waals surface area (Å²) in [6, 6.07) is 4.57. The Morgan fingerprint density at radius 2 is 1.91 bits per heavy atom. The topological polar surface area (TPSA) is 124 Å². The van der Waals surface area contributed by atoms with E-state index in [1.807, 2.05) is 0 Å². The lowest BCUT2D eigenvalue weighted by Gasteiger charge is -2.05. The predicted molar refractivity (Wildman–Crippen MR) is 78.4 cm³/mol. The summed E-state index contributed by atoms with van der Waals surface area (Å²) in [5, 5.41) is 10.6. The van der Waals surface area contributed by atoms with Crippen molar-refractivity contribution in [2.75, 3.05) is 0 Å². The van der Waals surface area contributed by atoms with Crippen LogP contribution in [-0.4, -0.2) is 32.3 Å². The fourth-order valence-corrected chi connectivity index (χ4v) is 3.33. The molecular weight excluding hydrogens is 330 g/mol. The van der Waals surface area contributed by atoms with E-state index in [4.69, 9.17) is 12.2 Å². The van der Waals surface area contributed by atoms with Crippen LogP contribution in [-0.2, 0) is 10.0 Å². The molecule has 0 saturated heterocycles.